The largest absolute Gasteiger partial charge is 0.302 e. The second kappa shape index (κ2) is 5.47. The van der Waals surface area contributed by atoms with Crippen molar-refractivity contribution in [3.05, 3.63) is 53.1 Å². The van der Waals surface area contributed by atoms with Gasteiger partial charge in [-0.05, 0) is 45.3 Å². The summed E-state index contributed by atoms with van der Waals surface area (Å²) in [5.41, 5.74) is 4.52. The summed E-state index contributed by atoms with van der Waals surface area (Å²) in [4.78, 5) is 0. The normalized spacial score (nSPS) is 17.3. The fourth-order valence-corrected chi connectivity index (χ4v) is 3.32. The maximum absolute atomic E-state index is 3.81. The van der Waals surface area contributed by atoms with Crippen LogP contribution in [0.1, 0.15) is 45.7 Å². The van der Waals surface area contributed by atoms with E-state index >= 15 is 0 Å². The Morgan fingerprint density at radius 3 is 2.42 bits per heavy atom. The van der Waals surface area contributed by atoms with Gasteiger partial charge in [-0.1, -0.05) is 47.2 Å². The fourth-order valence-electron chi connectivity index (χ4n) is 2.67. The van der Waals surface area contributed by atoms with Crippen LogP contribution in [0.25, 0.3) is 0 Å². The second-order valence-corrected chi connectivity index (χ2v) is 7.58. The molecule has 0 bridgehead atoms. The van der Waals surface area contributed by atoms with Gasteiger partial charge in [0.1, 0.15) is 0 Å². The quantitative estimate of drug-likeness (QED) is 0.832. The minimum atomic E-state index is 0.115. The zero-order chi connectivity index (χ0) is 14.0. The topological polar surface area (TPSA) is 12.0 Å². The molecule has 0 amide bonds. The molecule has 0 radical (unpaired) electrons. The van der Waals surface area contributed by atoms with Crippen molar-refractivity contribution < 1.29 is 0 Å². The number of allylic oxidation sites excluding steroid dienone is 3. The summed E-state index contributed by atoms with van der Waals surface area (Å²) < 4.78 is 0. The Bertz CT molecular complexity index is 520. The maximum atomic E-state index is 3.81. The van der Waals surface area contributed by atoms with Gasteiger partial charge in [0.2, 0.25) is 0 Å². The zero-order valence-corrected chi connectivity index (χ0v) is 14.7. The van der Waals surface area contributed by atoms with Gasteiger partial charge in [0.25, 0.3) is 0 Å². The first-order chi connectivity index (χ1) is 8.88. The molecule has 0 saturated carbocycles. The van der Waals surface area contributed by atoms with Crippen molar-refractivity contribution in [1.82, 2.24) is 5.32 Å². The minimum Gasteiger partial charge on any atom is -0.302 e. The van der Waals surface area contributed by atoms with E-state index in [9.17, 15) is 0 Å². The third-order valence-corrected chi connectivity index (χ3v) is 4.55. The van der Waals surface area contributed by atoms with E-state index in [0.717, 1.165) is 16.7 Å². The summed E-state index contributed by atoms with van der Waals surface area (Å²) in [5.74, 6) is 0. The van der Waals surface area contributed by atoms with Gasteiger partial charge < -0.3 is 5.32 Å². The molecular weight excluding hydrogens is 246 g/mol. The summed E-state index contributed by atoms with van der Waals surface area (Å²) in [7, 11) is 1.10. The van der Waals surface area contributed by atoms with Crippen LogP contribution in [0.5, 0.6) is 0 Å². The molecule has 1 aliphatic carbocycles. The molecule has 1 aromatic rings. The summed E-state index contributed by atoms with van der Waals surface area (Å²) in [6, 6.07) is 9.20. The summed E-state index contributed by atoms with van der Waals surface area (Å²) in [5, 5.41) is 5.31. The maximum Gasteiger partial charge on any atom is 0.0547 e. The van der Waals surface area contributed by atoms with Crippen LogP contribution in [0, 0.1) is 0 Å². The lowest BCUT2D eigenvalue weighted by atomic mass is 9.92. The molecule has 102 valence electrons. The zero-order valence-electron chi connectivity index (χ0n) is 12.7. The van der Waals surface area contributed by atoms with Gasteiger partial charge in [-0.2, -0.15) is 0 Å². The van der Waals surface area contributed by atoms with E-state index < -0.39 is 0 Å². The van der Waals surface area contributed by atoms with Crippen LogP contribution in [0.2, 0.25) is 0 Å². The lowest BCUT2D eigenvalue weighted by molar-refractivity contribution is 0.386. The lowest BCUT2D eigenvalue weighted by Gasteiger charge is -2.31. The molecule has 2 heteroatoms. The second-order valence-electron chi connectivity index (χ2n) is 6.50. The van der Waals surface area contributed by atoms with Gasteiger partial charge in [-0.3, -0.25) is 0 Å². The molecular formula is C17H25NSi. The van der Waals surface area contributed by atoms with Crippen LogP contribution in [0.4, 0.5) is 0 Å². The number of benzene rings is 1. The highest BCUT2D eigenvalue weighted by Crippen LogP contribution is 2.32. The average Bonchev–Trinajstić information content (AvgIpc) is 2.72. The molecule has 0 heterocycles. The predicted octanol–water partition coefficient (Wildman–Crippen LogP) is 2.38. The Morgan fingerprint density at radius 1 is 1.21 bits per heavy atom. The average molecular weight is 271 g/mol. The number of nitrogens with one attached hydrogen (secondary N) is 1. The van der Waals surface area contributed by atoms with E-state index in [1.54, 1.807) is 0 Å². The first-order valence-corrected chi connectivity index (χ1v) is 8.08. The van der Waals surface area contributed by atoms with Gasteiger partial charge in [0.15, 0.2) is 0 Å². The van der Waals surface area contributed by atoms with Crippen LogP contribution in [-0.2, 0) is 0 Å². The summed E-state index contributed by atoms with van der Waals surface area (Å²) in [6.45, 7) is 8.96. The Kier molecular flexibility index (Phi) is 4.12. The third-order valence-electron chi connectivity index (χ3n) is 3.64. The fraction of sp³-hybridized carbons (Fsp3) is 0.412. The molecule has 0 aromatic heterocycles. The van der Waals surface area contributed by atoms with Crippen molar-refractivity contribution in [1.29, 1.82) is 0 Å². The van der Waals surface area contributed by atoms with E-state index in [1.165, 1.54) is 21.9 Å². The molecule has 2 rings (SSSR count). The highest BCUT2D eigenvalue weighted by Gasteiger charge is 2.25. The lowest BCUT2D eigenvalue weighted by Crippen LogP contribution is -2.41. The monoisotopic (exact) mass is 271 g/mol. The predicted molar refractivity (Wildman–Crippen MR) is 88.1 cm³/mol. The molecule has 0 spiro atoms. The van der Waals surface area contributed by atoms with Crippen LogP contribution in [-0.4, -0.2) is 15.8 Å². The highest BCUT2D eigenvalue weighted by molar-refractivity contribution is 6.33. The highest BCUT2D eigenvalue weighted by atomic mass is 28.1. The molecule has 0 aliphatic heterocycles. The molecule has 1 aromatic carbocycles. The summed E-state index contributed by atoms with van der Waals surface area (Å²) in [6.07, 6.45) is 5.61. The van der Waals surface area contributed by atoms with Gasteiger partial charge in [0, 0.05) is 15.8 Å². The van der Waals surface area contributed by atoms with Crippen molar-refractivity contribution in [3.8, 4) is 0 Å². The molecule has 1 unspecified atom stereocenters. The van der Waals surface area contributed by atoms with E-state index in [-0.39, 0.29) is 5.54 Å². The summed E-state index contributed by atoms with van der Waals surface area (Å²) >= 11 is 0. The Labute approximate surface area is 120 Å². The van der Waals surface area contributed by atoms with E-state index in [2.05, 4.69) is 69.4 Å². The van der Waals surface area contributed by atoms with Crippen LogP contribution >= 0.6 is 0 Å². The number of hydrogen-bond acceptors (Lipinski definition) is 1. The SMILES string of the molecule is CC1=C(C(NC(C)(C)C)c2ccccc2[SiH3])CC=C1. The van der Waals surface area contributed by atoms with E-state index in [4.69, 9.17) is 0 Å². The Morgan fingerprint density at radius 2 is 1.89 bits per heavy atom. The van der Waals surface area contributed by atoms with Crippen molar-refractivity contribution in [2.45, 2.75) is 45.7 Å². The van der Waals surface area contributed by atoms with Crippen molar-refractivity contribution in [2.75, 3.05) is 0 Å². The van der Waals surface area contributed by atoms with Gasteiger partial charge in [-0.15, -0.1) is 0 Å². The third kappa shape index (κ3) is 3.46. The minimum absolute atomic E-state index is 0.115. The van der Waals surface area contributed by atoms with Gasteiger partial charge >= 0.3 is 0 Å². The first-order valence-electron chi connectivity index (χ1n) is 7.08. The molecule has 1 N–H and O–H groups in total. The van der Waals surface area contributed by atoms with Crippen molar-refractivity contribution in [3.63, 3.8) is 0 Å². The number of hydrogen-bond donors (Lipinski definition) is 1. The molecule has 1 atom stereocenters. The van der Waals surface area contributed by atoms with E-state index in [0.29, 0.717) is 6.04 Å². The number of rotatable bonds is 3. The molecule has 1 aliphatic rings. The Hall–Kier alpha value is -1.12. The smallest absolute Gasteiger partial charge is 0.0547 e. The molecule has 0 saturated heterocycles. The molecule has 19 heavy (non-hydrogen) atoms. The van der Waals surface area contributed by atoms with Crippen molar-refractivity contribution in [2.24, 2.45) is 0 Å². The van der Waals surface area contributed by atoms with E-state index in [1.807, 2.05) is 0 Å². The van der Waals surface area contributed by atoms with Crippen LogP contribution < -0.4 is 10.5 Å². The van der Waals surface area contributed by atoms with Crippen molar-refractivity contribution >= 4 is 15.4 Å². The molecule has 0 fully saturated rings. The Balaban J connectivity index is 2.41. The van der Waals surface area contributed by atoms with Gasteiger partial charge in [-0.25, -0.2) is 0 Å². The standard InChI is InChI=1S/C17H25NSi/c1-12-8-7-10-13(12)16(18-17(2,3)4)14-9-5-6-11-15(14)19/h5-9,11,16,18H,10H2,1-4,19H3. The first kappa shape index (κ1) is 14.3. The van der Waals surface area contributed by atoms with Gasteiger partial charge in [0.05, 0.1) is 6.04 Å². The molecule has 1 nitrogen and oxygen atoms in total. The van der Waals surface area contributed by atoms with Crippen LogP contribution in [0.3, 0.4) is 0 Å². The van der Waals surface area contributed by atoms with Crippen LogP contribution in [0.15, 0.2) is 47.6 Å².